The highest BCUT2D eigenvalue weighted by atomic mass is 32.2. The van der Waals surface area contributed by atoms with Gasteiger partial charge in [0.25, 0.3) is 0 Å². The van der Waals surface area contributed by atoms with E-state index in [1.807, 2.05) is 32.7 Å². The summed E-state index contributed by atoms with van der Waals surface area (Å²) in [7, 11) is 3.68. The normalized spacial score (nSPS) is 12.8. The van der Waals surface area contributed by atoms with Crippen molar-refractivity contribution in [3.05, 3.63) is 11.3 Å². The van der Waals surface area contributed by atoms with Crippen molar-refractivity contribution in [3.8, 4) is 0 Å². The number of carbonyl (C=O) groups excluding carboxylic acids is 1. The third-order valence-corrected chi connectivity index (χ3v) is 3.44. The number of hydrogen-bond donors (Lipinski definition) is 0. The Morgan fingerprint density at radius 2 is 2.06 bits per heavy atom. The lowest BCUT2D eigenvalue weighted by Crippen LogP contribution is -2.26. The van der Waals surface area contributed by atoms with Gasteiger partial charge < -0.3 is 4.90 Å². The van der Waals surface area contributed by atoms with Crippen molar-refractivity contribution >= 4 is 23.5 Å². The lowest BCUT2D eigenvalue weighted by Gasteiger charge is -2.16. The summed E-state index contributed by atoms with van der Waals surface area (Å²) in [4.78, 5) is 12.9. The molecule has 1 aromatic heterocycles. The van der Waals surface area contributed by atoms with Crippen LogP contribution in [0.5, 0.6) is 0 Å². The number of fused-ring (bicyclic) bond motifs is 1. The Kier molecular flexibility index (Phi) is 4.41. The Bertz CT molecular complexity index is 387. The average molecular weight is 241 g/mol. The standard InChI is InChI=1S/C9H13N3OS.C2H6/c1-6(13)11(2)9-7-4-14-5-8(7)10-12(9)3;1-2/h4-5H2,1-3H3;1-2H3. The van der Waals surface area contributed by atoms with E-state index in [-0.39, 0.29) is 5.91 Å². The molecular weight excluding hydrogens is 222 g/mol. The molecule has 5 heteroatoms. The first-order valence-electron chi connectivity index (χ1n) is 5.48. The highest BCUT2D eigenvalue weighted by molar-refractivity contribution is 7.98. The topological polar surface area (TPSA) is 38.1 Å². The van der Waals surface area contributed by atoms with Gasteiger partial charge in [0.05, 0.1) is 5.69 Å². The number of hydrogen-bond acceptors (Lipinski definition) is 3. The van der Waals surface area contributed by atoms with Crippen molar-refractivity contribution < 1.29 is 4.79 Å². The molecule has 0 spiro atoms. The SMILES string of the molecule is CC.CC(=O)N(C)c1c2c(nn1C)CSC2. The van der Waals surface area contributed by atoms with Gasteiger partial charge in [0.15, 0.2) is 0 Å². The number of amides is 1. The fourth-order valence-electron chi connectivity index (χ4n) is 1.70. The first-order valence-corrected chi connectivity index (χ1v) is 6.63. The van der Waals surface area contributed by atoms with E-state index < -0.39 is 0 Å². The van der Waals surface area contributed by atoms with Crippen LogP contribution in [0.4, 0.5) is 5.82 Å². The molecule has 0 saturated heterocycles. The molecule has 0 radical (unpaired) electrons. The second-order valence-corrected chi connectivity index (χ2v) is 4.43. The molecule has 1 aromatic rings. The smallest absolute Gasteiger partial charge is 0.224 e. The minimum Gasteiger partial charge on any atom is -0.300 e. The van der Waals surface area contributed by atoms with Crippen LogP contribution in [-0.2, 0) is 23.3 Å². The Morgan fingerprint density at radius 1 is 1.44 bits per heavy atom. The molecule has 0 bridgehead atoms. The van der Waals surface area contributed by atoms with Crippen molar-refractivity contribution in [2.45, 2.75) is 32.3 Å². The molecule has 0 fully saturated rings. The first-order chi connectivity index (χ1) is 7.61. The lowest BCUT2D eigenvalue weighted by molar-refractivity contribution is -0.116. The predicted octanol–water partition coefficient (Wildman–Crippen LogP) is 2.18. The summed E-state index contributed by atoms with van der Waals surface area (Å²) in [6.45, 7) is 5.57. The van der Waals surface area contributed by atoms with E-state index in [4.69, 9.17) is 0 Å². The van der Waals surface area contributed by atoms with Gasteiger partial charge in [-0.2, -0.15) is 16.9 Å². The van der Waals surface area contributed by atoms with E-state index in [9.17, 15) is 4.79 Å². The number of anilines is 1. The fraction of sp³-hybridized carbons (Fsp3) is 0.636. The molecule has 0 aromatic carbocycles. The number of aromatic nitrogens is 2. The molecular formula is C11H19N3OS. The number of rotatable bonds is 1. The summed E-state index contributed by atoms with van der Waals surface area (Å²) in [5, 5.41) is 4.40. The molecule has 1 amide bonds. The van der Waals surface area contributed by atoms with E-state index in [0.717, 1.165) is 23.0 Å². The van der Waals surface area contributed by atoms with Crippen LogP contribution in [0.15, 0.2) is 0 Å². The van der Waals surface area contributed by atoms with Crippen molar-refractivity contribution in [1.29, 1.82) is 0 Å². The van der Waals surface area contributed by atoms with E-state index in [2.05, 4.69) is 5.10 Å². The van der Waals surface area contributed by atoms with Gasteiger partial charge >= 0.3 is 0 Å². The van der Waals surface area contributed by atoms with Gasteiger partial charge in [-0.15, -0.1) is 0 Å². The van der Waals surface area contributed by atoms with E-state index in [1.165, 1.54) is 5.56 Å². The molecule has 4 nitrogen and oxygen atoms in total. The molecule has 2 rings (SSSR count). The molecule has 16 heavy (non-hydrogen) atoms. The maximum Gasteiger partial charge on any atom is 0.224 e. The van der Waals surface area contributed by atoms with Crippen molar-refractivity contribution in [2.75, 3.05) is 11.9 Å². The second kappa shape index (κ2) is 5.39. The summed E-state index contributed by atoms with van der Waals surface area (Å²) >= 11 is 1.85. The maximum atomic E-state index is 11.3. The van der Waals surface area contributed by atoms with Crippen LogP contribution in [0.1, 0.15) is 32.0 Å². The lowest BCUT2D eigenvalue weighted by atomic mass is 10.2. The zero-order chi connectivity index (χ0) is 12.3. The zero-order valence-corrected chi connectivity index (χ0v) is 11.4. The van der Waals surface area contributed by atoms with Crippen LogP contribution in [0.3, 0.4) is 0 Å². The number of carbonyl (C=O) groups is 1. The van der Waals surface area contributed by atoms with Crippen molar-refractivity contribution in [3.63, 3.8) is 0 Å². The van der Waals surface area contributed by atoms with Gasteiger partial charge in [0.1, 0.15) is 5.82 Å². The van der Waals surface area contributed by atoms with Crippen molar-refractivity contribution in [2.24, 2.45) is 7.05 Å². The van der Waals surface area contributed by atoms with Gasteiger partial charge in [-0.1, -0.05) is 13.8 Å². The monoisotopic (exact) mass is 241 g/mol. The van der Waals surface area contributed by atoms with E-state index in [0.29, 0.717) is 0 Å². The predicted molar refractivity (Wildman–Crippen MR) is 68.6 cm³/mol. The first kappa shape index (κ1) is 13.1. The summed E-state index contributed by atoms with van der Waals surface area (Å²) in [6, 6.07) is 0. The zero-order valence-electron chi connectivity index (χ0n) is 10.6. The van der Waals surface area contributed by atoms with Crippen LogP contribution in [0, 0.1) is 0 Å². The molecule has 1 aliphatic heterocycles. The minimum atomic E-state index is 0.0488. The third-order valence-electron chi connectivity index (χ3n) is 2.47. The van der Waals surface area contributed by atoms with Crippen LogP contribution in [0.25, 0.3) is 0 Å². The summed E-state index contributed by atoms with van der Waals surface area (Å²) in [5.41, 5.74) is 2.34. The molecule has 0 unspecified atom stereocenters. The summed E-state index contributed by atoms with van der Waals surface area (Å²) in [5.74, 6) is 2.93. The van der Waals surface area contributed by atoms with Crippen LogP contribution < -0.4 is 4.90 Å². The van der Waals surface area contributed by atoms with Gasteiger partial charge in [0.2, 0.25) is 5.91 Å². The Hall–Kier alpha value is -0.970. The van der Waals surface area contributed by atoms with E-state index in [1.54, 1.807) is 23.6 Å². The van der Waals surface area contributed by atoms with Gasteiger partial charge in [-0.05, 0) is 0 Å². The molecule has 90 valence electrons. The second-order valence-electron chi connectivity index (χ2n) is 3.44. The van der Waals surface area contributed by atoms with Gasteiger partial charge in [0, 0.05) is 38.1 Å². The van der Waals surface area contributed by atoms with Gasteiger partial charge in [-0.25, -0.2) is 0 Å². The summed E-state index contributed by atoms with van der Waals surface area (Å²) in [6.07, 6.45) is 0. The molecule has 1 aliphatic rings. The molecule has 0 aliphatic carbocycles. The van der Waals surface area contributed by atoms with E-state index >= 15 is 0 Å². The molecule has 0 saturated carbocycles. The molecule has 0 atom stereocenters. The highest BCUT2D eigenvalue weighted by Gasteiger charge is 2.24. The number of aryl methyl sites for hydroxylation is 1. The third kappa shape index (κ3) is 2.24. The maximum absolute atomic E-state index is 11.3. The largest absolute Gasteiger partial charge is 0.300 e. The van der Waals surface area contributed by atoms with Crippen LogP contribution in [0.2, 0.25) is 0 Å². The number of nitrogens with zero attached hydrogens (tertiary/aromatic N) is 3. The highest BCUT2D eigenvalue weighted by Crippen LogP contribution is 2.35. The summed E-state index contributed by atoms with van der Waals surface area (Å²) < 4.78 is 1.80. The van der Waals surface area contributed by atoms with Crippen molar-refractivity contribution in [1.82, 2.24) is 9.78 Å². The minimum absolute atomic E-state index is 0.0488. The Labute approximate surface area is 101 Å². The quantitative estimate of drug-likeness (QED) is 0.756. The van der Waals surface area contributed by atoms with Crippen LogP contribution >= 0.6 is 11.8 Å². The average Bonchev–Trinajstić information content (AvgIpc) is 2.79. The molecule has 0 N–H and O–H groups in total. The Balaban J connectivity index is 0.000000606. The molecule has 2 heterocycles. The van der Waals surface area contributed by atoms with Crippen LogP contribution in [-0.4, -0.2) is 22.7 Å². The Morgan fingerprint density at radius 3 is 2.62 bits per heavy atom. The fourth-order valence-corrected chi connectivity index (χ4v) is 2.72. The number of thioether (sulfide) groups is 1. The van der Waals surface area contributed by atoms with Gasteiger partial charge in [-0.3, -0.25) is 9.48 Å².